The molecule has 0 aliphatic heterocycles. The molecule has 0 aromatic carbocycles. The van der Waals surface area contributed by atoms with Crippen molar-refractivity contribution in [3.8, 4) is 0 Å². The molecule has 0 radical (unpaired) electrons. The van der Waals surface area contributed by atoms with Gasteiger partial charge in [0.05, 0.1) is 32.2 Å². The number of methoxy groups -OCH3 is 1. The van der Waals surface area contributed by atoms with Crippen LogP contribution in [0.1, 0.15) is 64.7 Å². The van der Waals surface area contributed by atoms with Crippen molar-refractivity contribution in [2.75, 3.05) is 20.3 Å². The van der Waals surface area contributed by atoms with E-state index in [-0.39, 0.29) is 6.61 Å². The summed E-state index contributed by atoms with van der Waals surface area (Å²) in [5, 5.41) is 9.19. The molecule has 1 N–H and O–H groups in total. The monoisotopic (exact) mass is 346 g/mol. The Morgan fingerprint density at radius 3 is 2.88 bits per heavy atom. The van der Waals surface area contributed by atoms with E-state index in [0.717, 1.165) is 30.6 Å². The Kier molecular flexibility index (Phi) is 4.98. The molecular weight excluding hydrogens is 312 g/mol. The van der Waals surface area contributed by atoms with Crippen LogP contribution in [0.4, 0.5) is 0 Å². The van der Waals surface area contributed by atoms with Gasteiger partial charge in [0.25, 0.3) is 0 Å². The maximum atomic E-state index is 9.19. The lowest BCUT2D eigenvalue weighted by Gasteiger charge is -2.53. The smallest absolute Gasteiger partial charge is 0.0959 e. The van der Waals surface area contributed by atoms with Crippen molar-refractivity contribution in [3.05, 3.63) is 23.0 Å². The van der Waals surface area contributed by atoms with Gasteiger partial charge in [0.2, 0.25) is 0 Å². The molecule has 4 aliphatic carbocycles. The van der Waals surface area contributed by atoms with Gasteiger partial charge in [-0.15, -0.1) is 0 Å². The summed E-state index contributed by atoms with van der Waals surface area (Å²) in [6.45, 7) is 3.03. The second kappa shape index (κ2) is 7.08. The van der Waals surface area contributed by atoms with Crippen LogP contribution in [0.2, 0.25) is 0 Å². The van der Waals surface area contributed by atoms with Gasteiger partial charge in [-0.1, -0.05) is 18.1 Å². The first-order valence-corrected chi connectivity index (χ1v) is 10.4. The molecule has 25 heavy (non-hydrogen) atoms. The zero-order chi connectivity index (χ0) is 17.4. The number of aliphatic hydroxyl groups is 1. The van der Waals surface area contributed by atoms with Gasteiger partial charge in [-0.3, -0.25) is 0 Å². The Balaban J connectivity index is 1.55. The van der Waals surface area contributed by atoms with E-state index in [4.69, 9.17) is 9.47 Å². The SMILES string of the molecule is CCC12CC[C@@H]3C4=C(CC[C@H]3[C@@H]1CC[C@@H]2OCCO)CC(OC)=CC4. The van der Waals surface area contributed by atoms with Crippen molar-refractivity contribution in [3.63, 3.8) is 0 Å². The lowest BCUT2D eigenvalue weighted by Crippen LogP contribution is -2.47. The molecule has 3 heteroatoms. The number of rotatable bonds is 5. The van der Waals surface area contributed by atoms with Crippen molar-refractivity contribution >= 4 is 0 Å². The normalized spacial score (nSPS) is 40.2. The van der Waals surface area contributed by atoms with Gasteiger partial charge >= 0.3 is 0 Å². The average molecular weight is 347 g/mol. The summed E-state index contributed by atoms with van der Waals surface area (Å²) in [4.78, 5) is 0. The van der Waals surface area contributed by atoms with Crippen LogP contribution in [0, 0.1) is 23.2 Å². The van der Waals surface area contributed by atoms with Crippen LogP contribution in [0.15, 0.2) is 23.0 Å². The number of hydrogen-bond acceptors (Lipinski definition) is 3. The highest BCUT2D eigenvalue weighted by atomic mass is 16.5. The Labute approximate surface area is 152 Å². The van der Waals surface area contributed by atoms with Crippen LogP contribution in [0.5, 0.6) is 0 Å². The summed E-state index contributed by atoms with van der Waals surface area (Å²) >= 11 is 0. The fourth-order valence-electron chi connectivity index (χ4n) is 6.92. The van der Waals surface area contributed by atoms with Crippen LogP contribution < -0.4 is 0 Å². The third kappa shape index (κ3) is 2.78. The molecule has 2 fully saturated rings. The minimum absolute atomic E-state index is 0.150. The molecule has 0 aromatic heterocycles. The Morgan fingerprint density at radius 2 is 2.12 bits per heavy atom. The predicted molar refractivity (Wildman–Crippen MR) is 99.1 cm³/mol. The predicted octanol–water partition coefficient (Wildman–Crippen LogP) is 4.61. The van der Waals surface area contributed by atoms with E-state index in [1.807, 2.05) is 7.11 Å². The standard InChI is InChI=1S/C22H34O3/c1-3-22-11-10-18-17-7-5-16(24-2)14-15(17)4-6-19(18)20(22)8-9-21(22)25-13-12-23/h5,18-21,23H,3-4,6-14H2,1-2H3/t18-,19-,20+,21+,22?/m1/s1. The first-order valence-electron chi connectivity index (χ1n) is 10.4. The quantitative estimate of drug-likeness (QED) is 0.739. The largest absolute Gasteiger partial charge is 0.501 e. The molecule has 5 atom stereocenters. The minimum Gasteiger partial charge on any atom is -0.501 e. The van der Waals surface area contributed by atoms with E-state index in [0.29, 0.717) is 18.1 Å². The minimum atomic E-state index is 0.150. The second-order valence-corrected chi connectivity index (χ2v) is 8.59. The maximum Gasteiger partial charge on any atom is 0.0959 e. The fraction of sp³-hybridized carbons (Fsp3) is 0.818. The fourth-order valence-corrected chi connectivity index (χ4v) is 6.92. The highest BCUT2D eigenvalue weighted by Crippen LogP contribution is 2.63. The number of fused-ring (bicyclic) bond motifs is 4. The number of ether oxygens (including phenoxy) is 2. The highest BCUT2D eigenvalue weighted by Gasteiger charge is 2.57. The third-order valence-corrected chi connectivity index (χ3v) is 8.02. The topological polar surface area (TPSA) is 38.7 Å². The summed E-state index contributed by atoms with van der Waals surface area (Å²) in [6, 6.07) is 0. The van der Waals surface area contributed by atoms with E-state index in [1.54, 1.807) is 11.1 Å². The molecule has 0 aromatic rings. The van der Waals surface area contributed by atoms with E-state index in [1.165, 1.54) is 50.7 Å². The third-order valence-electron chi connectivity index (χ3n) is 8.02. The Morgan fingerprint density at radius 1 is 1.24 bits per heavy atom. The van der Waals surface area contributed by atoms with Crippen LogP contribution in [0.25, 0.3) is 0 Å². The molecule has 0 spiro atoms. The van der Waals surface area contributed by atoms with Gasteiger partial charge in [0.15, 0.2) is 0 Å². The first kappa shape index (κ1) is 17.6. The Hall–Kier alpha value is -0.800. The molecule has 2 saturated carbocycles. The average Bonchev–Trinajstić information content (AvgIpc) is 3.04. The van der Waals surface area contributed by atoms with Crippen molar-refractivity contribution in [2.45, 2.75) is 70.8 Å². The van der Waals surface area contributed by atoms with Crippen molar-refractivity contribution < 1.29 is 14.6 Å². The van der Waals surface area contributed by atoms with Gasteiger partial charge in [0, 0.05) is 6.42 Å². The molecule has 0 bridgehead atoms. The molecule has 0 amide bonds. The Bertz CT molecular complexity index is 564. The molecule has 3 nitrogen and oxygen atoms in total. The lowest BCUT2D eigenvalue weighted by molar-refractivity contribution is -0.0876. The van der Waals surface area contributed by atoms with E-state index in [2.05, 4.69) is 13.0 Å². The van der Waals surface area contributed by atoms with Crippen molar-refractivity contribution in [1.82, 2.24) is 0 Å². The summed E-state index contributed by atoms with van der Waals surface area (Å²) < 4.78 is 11.7. The van der Waals surface area contributed by atoms with Gasteiger partial charge in [-0.2, -0.15) is 0 Å². The lowest BCUT2D eigenvalue weighted by atomic mass is 9.53. The van der Waals surface area contributed by atoms with Crippen LogP contribution in [0.3, 0.4) is 0 Å². The summed E-state index contributed by atoms with van der Waals surface area (Å²) in [5.74, 6) is 3.66. The van der Waals surface area contributed by atoms with Gasteiger partial charge < -0.3 is 14.6 Å². The van der Waals surface area contributed by atoms with Crippen molar-refractivity contribution in [1.29, 1.82) is 0 Å². The summed E-state index contributed by atoms with van der Waals surface area (Å²) in [5.41, 5.74) is 3.83. The first-order chi connectivity index (χ1) is 12.2. The number of aliphatic hydroxyl groups excluding tert-OH is 1. The van der Waals surface area contributed by atoms with Gasteiger partial charge in [-0.25, -0.2) is 0 Å². The molecule has 4 aliphatic rings. The number of hydrogen-bond donors (Lipinski definition) is 1. The molecule has 4 rings (SSSR count). The zero-order valence-electron chi connectivity index (χ0n) is 15.9. The van der Waals surface area contributed by atoms with Crippen LogP contribution >= 0.6 is 0 Å². The number of allylic oxidation sites excluding steroid dienone is 3. The zero-order valence-corrected chi connectivity index (χ0v) is 15.9. The molecule has 0 saturated heterocycles. The summed E-state index contributed by atoms with van der Waals surface area (Å²) in [6.07, 6.45) is 13.9. The summed E-state index contributed by atoms with van der Waals surface area (Å²) in [7, 11) is 1.81. The molecule has 0 heterocycles. The van der Waals surface area contributed by atoms with Crippen LogP contribution in [-0.2, 0) is 9.47 Å². The van der Waals surface area contributed by atoms with Crippen LogP contribution in [-0.4, -0.2) is 31.5 Å². The second-order valence-electron chi connectivity index (χ2n) is 8.59. The van der Waals surface area contributed by atoms with Gasteiger partial charge in [-0.05, 0) is 80.6 Å². The molecule has 1 unspecified atom stereocenters. The van der Waals surface area contributed by atoms with Crippen molar-refractivity contribution in [2.24, 2.45) is 23.2 Å². The molecular formula is C22H34O3. The highest BCUT2D eigenvalue weighted by molar-refractivity contribution is 5.32. The van der Waals surface area contributed by atoms with Gasteiger partial charge in [0.1, 0.15) is 0 Å². The van der Waals surface area contributed by atoms with E-state index >= 15 is 0 Å². The van der Waals surface area contributed by atoms with E-state index < -0.39 is 0 Å². The van der Waals surface area contributed by atoms with E-state index in [9.17, 15) is 5.11 Å². The molecule has 140 valence electrons. The maximum absolute atomic E-state index is 9.19.